The van der Waals surface area contributed by atoms with Gasteiger partial charge < -0.3 is 4.42 Å². The Balaban J connectivity index is 1.35. The Kier molecular flexibility index (Phi) is 5.74. The molecule has 0 atom stereocenters. The third kappa shape index (κ3) is 4.33. The predicted octanol–water partition coefficient (Wildman–Crippen LogP) is 10.1. The van der Waals surface area contributed by atoms with Crippen LogP contribution in [0, 0.1) is 0 Å². The van der Waals surface area contributed by atoms with Gasteiger partial charge in [0.1, 0.15) is 11.2 Å². The molecule has 0 spiro atoms. The molecule has 0 fully saturated rings. The highest BCUT2D eigenvalue weighted by Gasteiger charge is 2.21. The van der Waals surface area contributed by atoms with Gasteiger partial charge in [0.05, 0.1) is 0 Å². The van der Waals surface area contributed by atoms with Crippen LogP contribution in [0.25, 0.3) is 88.8 Å². The largest absolute Gasteiger partial charge is 0.455 e. The SMILES string of the molecule is c1ccc(-c2nc(-c3ccc4ccccc4c3)nc(-c3ccc(-c4ccccc4)c4oc5cc6ccncc6cc5c34)n2)cc1. The van der Waals surface area contributed by atoms with Gasteiger partial charge in [0.2, 0.25) is 0 Å². The van der Waals surface area contributed by atoms with Gasteiger partial charge in [-0.15, -0.1) is 0 Å². The zero-order valence-electron chi connectivity index (χ0n) is 24.1. The number of nitrogens with zero attached hydrogens (tertiary/aromatic N) is 4. The first-order valence-corrected chi connectivity index (χ1v) is 14.9. The Hall–Kier alpha value is -6.20. The quantitative estimate of drug-likeness (QED) is 0.209. The van der Waals surface area contributed by atoms with Gasteiger partial charge in [-0.25, -0.2) is 15.0 Å². The number of benzene rings is 6. The maximum Gasteiger partial charge on any atom is 0.164 e. The zero-order valence-corrected chi connectivity index (χ0v) is 24.1. The van der Waals surface area contributed by atoms with Gasteiger partial charge in [0, 0.05) is 50.8 Å². The lowest BCUT2D eigenvalue weighted by atomic mass is 9.97. The number of aromatic nitrogens is 4. The molecule has 0 saturated heterocycles. The molecule has 5 nitrogen and oxygen atoms in total. The van der Waals surface area contributed by atoms with Crippen molar-refractivity contribution in [1.82, 2.24) is 19.9 Å². The van der Waals surface area contributed by atoms with Crippen LogP contribution in [-0.4, -0.2) is 19.9 Å². The van der Waals surface area contributed by atoms with E-state index >= 15 is 0 Å². The van der Waals surface area contributed by atoms with Gasteiger partial charge in [-0.3, -0.25) is 4.98 Å². The lowest BCUT2D eigenvalue weighted by Crippen LogP contribution is -2.00. The first-order valence-electron chi connectivity index (χ1n) is 14.9. The van der Waals surface area contributed by atoms with E-state index in [-0.39, 0.29) is 0 Å². The van der Waals surface area contributed by atoms with E-state index in [1.807, 2.05) is 67.0 Å². The van der Waals surface area contributed by atoms with Crippen molar-refractivity contribution in [3.63, 3.8) is 0 Å². The standard InChI is InChI=1S/C40H24N4O/c1-3-10-26(11-4-1)32-17-18-33(36-34-22-31-24-41-20-19-29(31)23-35(34)45-37(32)36)40-43-38(27-12-5-2-6-13-27)42-39(44-40)30-16-15-25-9-7-8-14-28(25)21-30/h1-24H. The minimum atomic E-state index is 0.589. The third-order valence-electron chi connectivity index (χ3n) is 8.38. The van der Waals surface area contributed by atoms with Crippen LogP contribution in [0.3, 0.4) is 0 Å². The predicted molar refractivity (Wildman–Crippen MR) is 182 cm³/mol. The van der Waals surface area contributed by atoms with E-state index < -0.39 is 0 Å². The van der Waals surface area contributed by atoms with Crippen molar-refractivity contribution >= 4 is 43.5 Å². The molecule has 0 N–H and O–H groups in total. The summed E-state index contributed by atoms with van der Waals surface area (Å²) in [7, 11) is 0. The van der Waals surface area contributed by atoms with Gasteiger partial charge in [0.15, 0.2) is 17.5 Å². The van der Waals surface area contributed by atoms with Crippen molar-refractivity contribution in [1.29, 1.82) is 0 Å². The van der Waals surface area contributed by atoms with Crippen LogP contribution in [0.2, 0.25) is 0 Å². The van der Waals surface area contributed by atoms with Crippen LogP contribution in [0.1, 0.15) is 0 Å². The van der Waals surface area contributed by atoms with E-state index in [2.05, 4.69) is 83.8 Å². The fourth-order valence-electron chi connectivity index (χ4n) is 6.16. The van der Waals surface area contributed by atoms with E-state index in [9.17, 15) is 0 Å². The Morgan fingerprint density at radius 3 is 1.93 bits per heavy atom. The van der Waals surface area contributed by atoms with Crippen LogP contribution in [0.15, 0.2) is 150 Å². The lowest BCUT2D eigenvalue weighted by molar-refractivity contribution is 0.670. The molecule has 9 rings (SSSR count). The molecule has 0 saturated carbocycles. The zero-order chi connectivity index (χ0) is 29.7. The summed E-state index contributed by atoms with van der Waals surface area (Å²) >= 11 is 0. The molecule has 0 aliphatic carbocycles. The highest BCUT2D eigenvalue weighted by Crippen LogP contribution is 2.42. The second-order valence-electron chi connectivity index (χ2n) is 11.1. The first kappa shape index (κ1) is 25.3. The Morgan fingerprint density at radius 1 is 0.444 bits per heavy atom. The van der Waals surface area contributed by atoms with Crippen LogP contribution in [0.4, 0.5) is 0 Å². The molecule has 0 bridgehead atoms. The van der Waals surface area contributed by atoms with Crippen LogP contribution < -0.4 is 0 Å². The minimum absolute atomic E-state index is 0.589. The molecule has 0 aliphatic heterocycles. The topological polar surface area (TPSA) is 64.7 Å². The summed E-state index contributed by atoms with van der Waals surface area (Å²) in [4.78, 5) is 19.6. The van der Waals surface area contributed by atoms with Crippen molar-refractivity contribution in [3.05, 3.63) is 146 Å². The summed E-state index contributed by atoms with van der Waals surface area (Å²) in [6.07, 6.45) is 3.70. The molecule has 0 aliphatic rings. The normalized spacial score (nSPS) is 11.6. The lowest BCUT2D eigenvalue weighted by Gasteiger charge is -2.11. The highest BCUT2D eigenvalue weighted by atomic mass is 16.3. The van der Waals surface area contributed by atoms with Gasteiger partial charge in [-0.2, -0.15) is 0 Å². The molecule has 3 heterocycles. The average Bonchev–Trinajstić information content (AvgIpc) is 3.49. The molecular weight excluding hydrogens is 552 g/mol. The number of fused-ring (bicyclic) bond motifs is 5. The second-order valence-corrected chi connectivity index (χ2v) is 11.1. The Labute approximate surface area is 258 Å². The summed E-state index contributed by atoms with van der Waals surface area (Å²) in [5, 5.41) is 6.38. The van der Waals surface area contributed by atoms with Crippen molar-refractivity contribution < 1.29 is 4.42 Å². The van der Waals surface area contributed by atoms with Crippen molar-refractivity contribution in [2.24, 2.45) is 0 Å². The average molecular weight is 577 g/mol. The number of hydrogen-bond acceptors (Lipinski definition) is 5. The van der Waals surface area contributed by atoms with Crippen molar-refractivity contribution in [2.75, 3.05) is 0 Å². The van der Waals surface area contributed by atoms with Gasteiger partial charge in [-0.1, -0.05) is 97.1 Å². The number of pyridine rings is 1. The van der Waals surface area contributed by atoms with Crippen molar-refractivity contribution in [2.45, 2.75) is 0 Å². The fraction of sp³-hybridized carbons (Fsp3) is 0. The van der Waals surface area contributed by atoms with Gasteiger partial charge >= 0.3 is 0 Å². The van der Waals surface area contributed by atoms with E-state index in [1.165, 1.54) is 5.39 Å². The maximum atomic E-state index is 6.69. The van der Waals surface area contributed by atoms with Crippen LogP contribution in [0.5, 0.6) is 0 Å². The summed E-state index contributed by atoms with van der Waals surface area (Å²) in [6, 6.07) is 45.6. The molecule has 6 aromatic carbocycles. The van der Waals surface area contributed by atoms with E-state index in [4.69, 9.17) is 19.4 Å². The van der Waals surface area contributed by atoms with Gasteiger partial charge in [-0.05, 0) is 58.1 Å². The third-order valence-corrected chi connectivity index (χ3v) is 8.38. The maximum absolute atomic E-state index is 6.69. The summed E-state index contributed by atoms with van der Waals surface area (Å²) < 4.78 is 6.69. The van der Waals surface area contributed by atoms with E-state index in [1.54, 1.807) is 0 Å². The van der Waals surface area contributed by atoms with Crippen LogP contribution >= 0.6 is 0 Å². The first-order chi connectivity index (χ1) is 22.3. The molecule has 0 unspecified atom stereocenters. The number of rotatable bonds is 4. The second kappa shape index (κ2) is 10.2. The molecule has 3 aromatic heterocycles. The Bertz CT molecular complexity index is 2540. The molecule has 210 valence electrons. The summed E-state index contributed by atoms with van der Waals surface area (Å²) in [5.74, 6) is 1.82. The number of hydrogen-bond donors (Lipinski definition) is 0. The smallest absolute Gasteiger partial charge is 0.164 e. The molecular formula is C40H24N4O. The highest BCUT2D eigenvalue weighted by molar-refractivity contribution is 6.18. The van der Waals surface area contributed by atoms with Crippen LogP contribution in [-0.2, 0) is 0 Å². The molecule has 9 aromatic rings. The molecule has 5 heteroatoms. The number of furan rings is 1. The van der Waals surface area contributed by atoms with E-state index in [0.717, 1.165) is 65.9 Å². The minimum Gasteiger partial charge on any atom is -0.455 e. The summed E-state index contributed by atoms with van der Waals surface area (Å²) in [6.45, 7) is 0. The van der Waals surface area contributed by atoms with E-state index in [0.29, 0.717) is 17.5 Å². The van der Waals surface area contributed by atoms with Crippen molar-refractivity contribution in [3.8, 4) is 45.3 Å². The monoisotopic (exact) mass is 576 g/mol. The summed E-state index contributed by atoms with van der Waals surface area (Å²) in [5.41, 5.74) is 6.44. The fourth-order valence-corrected chi connectivity index (χ4v) is 6.16. The molecule has 45 heavy (non-hydrogen) atoms. The van der Waals surface area contributed by atoms with Gasteiger partial charge in [0.25, 0.3) is 0 Å². The Morgan fingerprint density at radius 2 is 1.11 bits per heavy atom. The molecule has 0 radical (unpaired) electrons. The molecule has 0 amide bonds.